The molecule has 0 radical (unpaired) electrons. The Bertz CT molecular complexity index is 1680. The molecule has 48 heavy (non-hydrogen) atoms. The van der Waals surface area contributed by atoms with Crippen molar-refractivity contribution >= 4 is 46.2 Å². The Morgan fingerprint density at radius 2 is 0.854 bits per heavy atom. The molecule has 0 aromatic heterocycles. The van der Waals surface area contributed by atoms with Crippen LogP contribution >= 0.6 is 0 Å². The van der Waals surface area contributed by atoms with Gasteiger partial charge < -0.3 is 35.3 Å². The highest BCUT2D eigenvalue weighted by Gasteiger charge is 2.12. The third kappa shape index (κ3) is 11.7. The molecule has 0 aliphatic rings. The maximum atomic E-state index is 11.9. The van der Waals surface area contributed by atoms with Crippen LogP contribution in [0.15, 0.2) is 91.0 Å². The van der Waals surface area contributed by atoms with Gasteiger partial charge in [-0.05, 0) is 93.6 Å². The van der Waals surface area contributed by atoms with Gasteiger partial charge in [-0.3, -0.25) is 24.0 Å². The lowest BCUT2D eigenvalue weighted by Crippen LogP contribution is -2.21. The molecule has 4 N–H and O–H groups in total. The van der Waals surface area contributed by atoms with Crippen LogP contribution in [0.2, 0.25) is 0 Å². The van der Waals surface area contributed by atoms with E-state index in [9.17, 15) is 29.1 Å². The van der Waals surface area contributed by atoms with Crippen LogP contribution in [0.4, 0.5) is 17.1 Å². The molecule has 12 heteroatoms. The summed E-state index contributed by atoms with van der Waals surface area (Å²) in [6.45, 7) is 4.09. The topological polar surface area (TPSA) is 169 Å². The van der Waals surface area contributed by atoms with Gasteiger partial charge in [-0.2, -0.15) is 0 Å². The molecule has 0 bridgehead atoms. The van der Waals surface area contributed by atoms with Crippen molar-refractivity contribution < 1.29 is 43.3 Å². The van der Waals surface area contributed by atoms with Crippen molar-refractivity contribution in [1.29, 1.82) is 0 Å². The Kier molecular flexibility index (Phi) is 12.0. The third-order valence-electron chi connectivity index (χ3n) is 6.32. The summed E-state index contributed by atoms with van der Waals surface area (Å²) < 4.78 is 18.3. The zero-order valence-corrected chi connectivity index (χ0v) is 26.6. The van der Waals surface area contributed by atoms with Gasteiger partial charge in [0.25, 0.3) is 0 Å². The molecule has 0 aliphatic carbocycles. The van der Waals surface area contributed by atoms with Crippen LogP contribution in [-0.2, 0) is 24.0 Å². The number of aliphatic hydroxyl groups excluding tert-OH is 1. The number of amides is 2. The van der Waals surface area contributed by atoms with Crippen molar-refractivity contribution in [2.45, 2.75) is 46.3 Å². The average molecular weight is 654 g/mol. The van der Waals surface area contributed by atoms with Gasteiger partial charge in [0.2, 0.25) is 11.8 Å². The minimum Gasteiger partial charge on any atom is -0.457 e. The zero-order valence-electron chi connectivity index (χ0n) is 26.6. The number of Topliss-reactive ketones (excluding diaryl/α,β-unsaturated/α-hetero) is 3. The van der Waals surface area contributed by atoms with E-state index in [0.717, 1.165) is 0 Å². The van der Waals surface area contributed by atoms with Crippen LogP contribution in [0, 0.1) is 0 Å². The number of carbonyl (C=O) groups is 5. The molecular weight excluding hydrogens is 618 g/mol. The molecule has 4 aromatic carbocycles. The zero-order chi connectivity index (χ0) is 34.6. The second-order valence-corrected chi connectivity index (χ2v) is 10.9. The molecule has 0 saturated carbocycles. The van der Waals surface area contributed by atoms with Crippen molar-refractivity contribution in [3.63, 3.8) is 0 Å². The van der Waals surface area contributed by atoms with Crippen LogP contribution in [-0.4, -0.2) is 40.5 Å². The molecule has 248 valence electrons. The second kappa shape index (κ2) is 16.5. The van der Waals surface area contributed by atoms with E-state index in [0.29, 0.717) is 51.6 Å². The van der Waals surface area contributed by atoms with E-state index in [1.165, 1.54) is 20.8 Å². The van der Waals surface area contributed by atoms with Crippen molar-refractivity contribution in [2.24, 2.45) is 0 Å². The minimum atomic E-state index is -1.01. The van der Waals surface area contributed by atoms with Gasteiger partial charge in [0.15, 0.2) is 0 Å². The highest BCUT2D eigenvalue weighted by atomic mass is 16.5. The summed E-state index contributed by atoms with van der Waals surface area (Å²) in [7, 11) is 0. The lowest BCUT2D eigenvalue weighted by atomic mass is 10.2. The predicted octanol–water partition coefficient (Wildman–Crippen LogP) is 6.61. The SMILES string of the molecule is CC(=O)CC(=O)Nc1ccc(Oc2cc(Oc3ccc(NC(=O)CC(C)=O)cc3)cc(Oc3ccc(NC(O)CC(C)=O)cc3)c2)cc1. The number of aliphatic hydroxyl groups is 1. The van der Waals surface area contributed by atoms with E-state index < -0.39 is 18.0 Å². The minimum absolute atomic E-state index is 0.0255. The molecule has 2 amide bonds. The van der Waals surface area contributed by atoms with Gasteiger partial charge in [0.1, 0.15) is 58.1 Å². The Labute approximate surface area is 277 Å². The van der Waals surface area contributed by atoms with Crippen LogP contribution in [0.25, 0.3) is 0 Å². The van der Waals surface area contributed by atoms with Crippen molar-refractivity contribution in [1.82, 2.24) is 0 Å². The second-order valence-electron chi connectivity index (χ2n) is 10.9. The van der Waals surface area contributed by atoms with Crippen LogP contribution < -0.4 is 30.2 Å². The van der Waals surface area contributed by atoms with Crippen LogP contribution in [0.3, 0.4) is 0 Å². The number of ether oxygens (including phenoxy) is 3. The molecule has 12 nitrogen and oxygen atoms in total. The number of nitrogens with one attached hydrogen (secondary N) is 3. The lowest BCUT2D eigenvalue weighted by Gasteiger charge is -2.15. The monoisotopic (exact) mass is 653 g/mol. The fourth-order valence-corrected chi connectivity index (χ4v) is 4.34. The maximum Gasteiger partial charge on any atom is 0.231 e. The Morgan fingerprint density at radius 1 is 0.521 bits per heavy atom. The van der Waals surface area contributed by atoms with Gasteiger partial charge in [-0.25, -0.2) is 0 Å². The maximum absolute atomic E-state index is 11.9. The largest absolute Gasteiger partial charge is 0.457 e. The summed E-state index contributed by atoms with van der Waals surface area (Å²) in [5, 5.41) is 18.2. The van der Waals surface area contributed by atoms with E-state index in [1.54, 1.807) is 91.0 Å². The van der Waals surface area contributed by atoms with E-state index >= 15 is 0 Å². The number of benzene rings is 4. The average Bonchev–Trinajstić information content (AvgIpc) is 2.99. The molecule has 0 fully saturated rings. The summed E-state index contributed by atoms with van der Waals surface area (Å²) in [4.78, 5) is 57.6. The van der Waals surface area contributed by atoms with Gasteiger partial charge in [-0.1, -0.05) is 0 Å². The van der Waals surface area contributed by atoms with E-state index in [4.69, 9.17) is 14.2 Å². The summed E-state index contributed by atoms with van der Waals surface area (Å²) in [5.74, 6) is 1.05. The third-order valence-corrected chi connectivity index (χ3v) is 6.32. The Hall–Kier alpha value is -6.01. The molecule has 1 atom stereocenters. The first kappa shape index (κ1) is 34.9. The first-order valence-corrected chi connectivity index (χ1v) is 14.9. The fourth-order valence-electron chi connectivity index (χ4n) is 4.34. The van der Waals surface area contributed by atoms with Crippen LogP contribution in [0.5, 0.6) is 34.5 Å². The molecule has 1 unspecified atom stereocenters. The number of hydrogen-bond donors (Lipinski definition) is 4. The molecule has 0 heterocycles. The summed E-state index contributed by atoms with van der Waals surface area (Å²) in [5.41, 5.74) is 1.60. The number of rotatable bonds is 16. The lowest BCUT2D eigenvalue weighted by molar-refractivity contribution is -0.125. The van der Waals surface area contributed by atoms with Gasteiger partial charge in [-0.15, -0.1) is 0 Å². The normalized spacial score (nSPS) is 11.1. The molecular formula is C36H35N3O9. The standard InChI is InChI=1S/C36H35N3O9/c1-22(40)16-34(43)37-25-4-10-28(11-5-25)46-31-19-32(47-29-12-6-26(7-13-29)38-35(44)17-23(2)41)21-33(20-31)48-30-14-8-27(9-15-30)39-36(45)18-24(3)42/h4-15,19-21,34,37,43H,16-18H2,1-3H3,(H,38,44)(H,39,45). The van der Waals surface area contributed by atoms with E-state index in [1.807, 2.05) is 0 Å². The van der Waals surface area contributed by atoms with Crippen molar-refractivity contribution in [3.05, 3.63) is 91.0 Å². The van der Waals surface area contributed by atoms with Gasteiger partial charge >= 0.3 is 0 Å². The number of hydrogen-bond acceptors (Lipinski definition) is 10. The predicted molar refractivity (Wildman–Crippen MR) is 179 cm³/mol. The molecule has 0 saturated heterocycles. The fraction of sp³-hybridized carbons (Fsp3) is 0.194. The smallest absolute Gasteiger partial charge is 0.231 e. The number of ketones is 3. The van der Waals surface area contributed by atoms with Crippen molar-refractivity contribution in [3.8, 4) is 34.5 Å². The summed E-state index contributed by atoms with van der Waals surface area (Å²) in [6, 6.07) is 24.9. The number of carbonyl (C=O) groups excluding carboxylic acids is 5. The highest BCUT2D eigenvalue weighted by molar-refractivity contribution is 6.04. The molecule has 0 spiro atoms. The van der Waals surface area contributed by atoms with E-state index in [-0.39, 0.29) is 36.6 Å². The summed E-state index contributed by atoms with van der Waals surface area (Å²) in [6.07, 6.45) is -1.47. The quantitative estimate of drug-likeness (QED) is 0.0763. The molecule has 0 aliphatic heterocycles. The van der Waals surface area contributed by atoms with Gasteiger partial charge in [0, 0.05) is 35.3 Å². The van der Waals surface area contributed by atoms with Crippen LogP contribution in [0.1, 0.15) is 40.0 Å². The number of anilines is 3. The Balaban J connectivity index is 1.52. The Morgan fingerprint density at radius 3 is 1.17 bits per heavy atom. The van der Waals surface area contributed by atoms with E-state index in [2.05, 4.69) is 16.0 Å². The summed E-state index contributed by atoms with van der Waals surface area (Å²) >= 11 is 0. The first-order chi connectivity index (χ1) is 22.9. The molecule has 4 aromatic rings. The van der Waals surface area contributed by atoms with Crippen molar-refractivity contribution in [2.75, 3.05) is 16.0 Å². The highest BCUT2D eigenvalue weighted by Crippen LogP contribution is 2.36. The first-order valence-electron chi connectivity index (χ1n) is 14.9. The molecule has 4 rings (SSSR count). The van der Waals surface area contributed by atoms with Gasteiger partial charge in [0.05, 0.1) is 19.3 Å².